The lowest BCUT2D eigenvalue weighted by Crippen LogP contribution is -2.16. The molecule has 8 rings (SSSR count). The first kappa shape index (κ1) is 54.0. The highest BCUT2D eigenvalue weighted by Gasteiger charge is 2.21. The molecule has 1 amide bonds. The summed E-state index contributed by atoms with van der Waals surface area (Å²) in [5.41, 5.74) is 5.98. The zero-order valence-electron chi connectivity index (χ0n) is 42.3. The van der Waals surface area contributed by atoms with Crippen molar-refractivity contribution in [2.45, 2.75) is 93.4 Å². The summed E-state index contributed by atoms with van der Waals surface area (Å²) in [5, 5.41) is 45.9. The Morgan fingerprint density at radius 1 is 0.630 bits per heavy atom. The van der Waals surface area contributed by atoms with E-state index in [4.69, 9.17) is 5.11 Å². The van der Waals surface area contributed by atoms with Crippen LogP contribution in [0.4, 0.5) is 19.0 Å². The number of aromatic nitrogens is 11. The molecule has 0 radical (unpaired) electrons. The number of pyridine rings is 1. The quantitative estimate of drug-likeness (QED) is 0.0916. The third-order valence-corrected chi connectivity index (χ3v) is 11.5. The maximum atomic E-state index is 14.8. The number of aryl methyl sites for hydroxylation is 3. The monoisotopic (exact) mass is 1000 g/mol. The number of nitrogens with one attached hydrogen (secondary N) is 1. The number of benzene rings is 3. The number of carboxylic acids is 1. The van der Waals surface area contributed by atoms with Gasteiger partial charge in [0.2, 0.25) is 5.82 Å². The Balaban J connectivity index is 0.000000191. The number of rotatable bonds is 13. The van der Waals surface area contributed by atoms with Gasteiger partial charge in [0.1, 0.15) is 29.0 Å². The summed E-state index contributed by atoms with van der Waals surface area (Å²) in [5.74, 6) is -4.01. The Labute approximate surface area is 419 Å². The summed E-state index contributed by atoms with van der Waals surface area (Å²) in [6, 6.07) is 18.9. The van der Waals surface area contributed by atoms with Crippen LogP contribution in [-0.4, -0.2) is 96.3 Å². The van der Waals surface area contributed by atoms with E-state index in [1.807, 2.05) is 76.9 Å². The van der Waals surface area contributed by atoms with Crippen molar-refractivity contribution in [2.24, 2.45) is 0 Å². The number of anilines is 1. The van der Waals surface area contributed by atoms with E-state index in [1.54, 1.807) is 61.3 Å². The molecule has 18 nitrogen and oxygen atoms in total. The van der Waals surface area contributed by atoms with E-state index in [9.17, 15) is 32.7 Å². The van der Waals surface area contributed by atoms with Crippen molar-refractivity contribution in [3.8, 4) is 45.3 Å². The average Bonchev–Trinajstić information content (AvgIpc) is 4.20. The molecule has 0 fully saturated rings. The highest BCUT2D eigenvalue weighted by Crippen LogP contribution is 2.29. The minimum Gasteiger partial charge on any atom is -0.478 e. The summed E-state index contributed by atoms with van der Waals surface area (Å²) in [7, 11) is 1.23. The number of ether oxygens (including phenoxy) is 1. The van der Waals surface area contributed by atoms with Gasteiger partial charge in [0.05, 0.1) is 53.5 Å². The molecule has 0 saturated carbocycles. The first-order chi connectivity index (χ1) is 34.6. The van der Waals surface area contributed by atoms with Crippen LogP contribution in [0.3, 0.4) is 0 Å². The van der Waals surface area contributed by atoms with Crippen LogP contribution in [0, 0.1) is 38.2 Å². The van der Waals surface area contributed by atoms with Crippen LogP contribution >= 0.6 is 0 Å². The van der Waals surface area contributed by atoms with E-state index in [-0.39, 0.29) is 53.3 Å². The molecular weight excluding hydrogens is 946 g/mol. The van der Waals surface area contributed by atoms with Gasteiger partial charge in [0.25, 0.3) is 5.91 Å². The molecule has 0 aliphatic carbocycles. The fraction of sp³-hybridized carbons (Fsp3) is 0.308. The number of carboxylic acid groups (broad SMARTS) is 1. The highest BCUT2D eigenvalue weighted by molar-refractivity contribution is 6.05. The second-order valence-electron chi connectivity index (χ2n) is 17.9. The predicted molar refractivity (Wildman–Crippen MR) is 267 cm³/mol. The van der Waals surface area contributed by atoms with Crippen LogP contribution < -0.4 is 5.32 Å². The number of aliphatic hydroxyl groups is 1. The number of tetrazole rings is 1. The normalized spacial score (nSPS) is 11.5. The molecule has 382 valence electrons. The maximum absolute atomic E-state index is 14.8. The molecular formula is C52H57F3N12O6. The summed E-state index contributed by atoms with van der Waals surface area (Å²) in [6.45, 7) is 19.0. The molecule has 8 aromatic rings. The largest absolute Gasteiger partial charge is 0.478 e. The predicted octanol–water partition coefficient (Wildman–Crippen LogP) is 10.1. The van der Waals surface area contributed by atoms with Gasteiger partial charge in [-0.3, -0.25) is 18.8 Å². The molecule has 0 aliphatic rings. The standard InChI is InChI=1S/C23H25FN8O2.C15H17FN2O2.C14H15FN2O2/c1-13(2)31-9-8-19(28-31)16-11-17(18(24)10-14(16)3)23(34)26-21-7-5-6-20(25-21)22-27-29-30-32(22)15(4)12-33;1-9(2)18-6-5-14(17-18)11-8-12(15(19)20-4)13(16)7-10(11)3;1-8(2)17-5-4-13(16-17)10-7-11(14(18)19)12(15)6-9(10)3/h5-11,13,15,33H,12H2,1-4H3,(H,25,26,34);5-9H,1-4H3;4-8H,1-3H3,(H,18,19)/t15-;;/m1../s1. The minimum absolute atomic E-state index is 0.0767. The summed E-state index contributed by atoms with van der Waals surface area (Å²) < 4.78 is 53.5. The third-order valence-electron chi connectivity index (χ3n) is 11.5. The lowest BCUT2D eigenvalue weighted by atomic mass is 10.0. The zero-order chi connectivity index (χ0) is 53.4. The van der Waals surface area contributed by atoms with Crippen molar-refractivity contribution in [3.05, 3.63) is 142 Å². The van der Waals surface area contributed by atoms with E-state index >= 15 is 0 Å². The van der Waals surface area contributed by atoms with E-state index < -0.39 is 35.3 Å². The number of esters is 1. The van der Waals surface area contributed by atoms with Gasteiger partial charge in [-0.2, -0.15) is 15.3 Å². The Morgan fingerprint density at radius 3 is 1.49 bits per heavy atom. The molecule has 5 heterocycles. The smallest absolute Gasteiger partial charge is 0.340 e. The van der Waals surface area contributed by atoms with Gasteiger partial charge in [-0.05, 0) is 163 Å². The third kappa shape index (κ3) is 12.6. The van der Waals surface area contributed by atoms with Crippen molar-refractivity contribution in [3.63, 3.8) is 0 Å². The molecule has 5 aromatic heterocycles. The number of amides is 1. The van der Waals surface area contributed by atoms with Crippen molar-refractivity contribution < 1.29 is 42.5 Å². The van der Waals surface area contributed by atoms with E-state index in [2.05, 4.69) is 45.9 Å². The number of nitrogens with zero attached hydrogens (tertiary/aromatic N) is 11. The number of aliphatic hydroxyl groups excluding tert-OH is 1. The first-order valence-corrected chi connectivity index (χ1v) is 23.2. The van der Waals surface area contributed by atoms with Gasteiger partial charge in [-0.1, -0.05) is 6.07 Å². The van der Waals surface area contributed by atoms with Crippen molar-refractivity contribution in [1.82, 2.24) is 54.5 Å². The van der Waals surface area contributed by atoms with Crippen LogP contribution in [0.15, 0.2) is 91.4 Å². The van der Waals surface area contributed by atoms with Gasteiger partial charge in [-0.25, -0.2) is 32.4 Å². The van der Waals surface area contributed by atoms with Crippen LogP contribution in [0.5, 0.6) is 0 Å². The maximum Gasteiger partial charge on any atom is 0.340 e. The first-order valence-electron chi connectivity index (χ1n) is 23.2. The molecule has 3 aromatic carbocycles. The molecule has 21 heteroatoms. The van der Waals surface area contributed by atoms with Crippen molar-refractivity contribution in [2.75, 3.05) is 19.0 Å². The number of halogens is 3. The lowest BCUT2D eigenvalue weighted by molar-refractivity contribution is 0.0594. The van der Waals surface area contributed by atoms with Gasteiger partial charge >= 0.3 is 11.9 Å². The summed E-state index contributed by atoms with van der Waals surface area (Å²) >= 11 is 0. The van der Waals surface area contributed by atoms with Crippen molar-refractivity contribution in [1.29, 1.82) is 0 Å². The highest BCUT2D eigenvalue weighted by atomic mass is 19.1. The molecule has 0 unspecified atom stereocenters. The molecule has 3 N–H and O–H groups in total. The van der Waals surface area contributed by atoms with Crippen molar-refractivity contribution >= 4 is 23.7 Å². The molecule has 0 spiro atoms. The number of hydrogen-bond acceptors (Lipinski definition) is 12. The fourth-order valence-electron chi connectivity index (χ4n) is 7.31. The average molecular weight is 1000 g/mol. The van der Waals surface area contributed by atoms with Crippen LogP contribution in [0.1, 0.15) is 120 Å². The Bertz CT molecular complexity index is 3270. The number of aromatic carboxylic acids is 1. The molecule has 1 atom stereocenters. The number of carbonyl (C=O) groups excluding carboxylic acids is 2. The molecule has 0 bridgehead atoms. The van der Waals surface area contributed by atoms with Gasteiger partial charge in [0, 0.05) is 53.4 Å². The molecule has 0 aliphatic heterocycles. The number of hydrogen-bond donors (Lipinski definition) is 3. The lowest BCUT2D eigenvalue weighted by Gasteiger charge is -2.12. The second-order valence-corrected chi connectivity index (χ2v) is 17.9. The van der Waals surface area contributed by atoms with E-state index in [0.29, 0.717) is 50.9 Å². The minimum atomic E-state index is -1.28. The fourth-order valence-corrected chi connectivity index (χ4v) is 7.31. The SMILES string of the molecule is COC(=O)c1cc(-c2ccn(C(C)C)n2)c(C)cc1F.Cc1cc(F)c(C(=O)Nc2cccc(-c3nnnn3[C@H](C)CO)n2)cc1-c1ccn(C(C)C)n1.Cc1cc(F)c(C(=O)O)cc1-c1ccn(C(C)C)n1. The van der Waals surface area contributed by atoms with Crippen LogP contribution in [0.2, 0.25) is 0 Å². The second kappa shape index (κ2) is 23.3. The van der Waals surface area contributed by atoms with E-state index in [0.717, 1.165) is 11.1 Å². The summed E-state index contributed by atoms with van der Waals surface area (Å²) in [6.07, 6.45) is 5.53. The molecule has 0 saturated heterocycles. The number of carbonyl (C=O) groups is 3. The van der Waals surface area contributed by atoms with Crippen LogP contribution in [-0.2, 0) is 4.74 Å². The Hall–Kier alpha value is -8.33. The Kier molecular flexibility index (Phi) is 17.2. The van der Waals surface area contributed by atoms with Gasteiger partial charge in [0.15, 0.2) is 0 Å². The summed E-state index contributed by atoms with van der Waals surface area (Å²) in [4.78, 5) is 39.9. The topological polar surface area (TPSA) is 223 Å². The van der Waals surface area contributed by atoms with Gasteiger partial charge < -0.3 is 20.3 Å². The van der Waals surface area contributed by atoms with E-state index in [1.165, 1.54) is 48.2 Å². The van der Waals surface area contributed by atoms with Crippen LogP contribution in [0.25, 0.3) is 45.3 Å². The Morgan fingerprint density at radius 2 is 1.07 bits per heavy atom. The van der Waals surface area contributed by atoms with Gasteiger partial charge in [-0.15, -0.1) is 5.10 Å². The molecule has 73 heavy (non-hydrogen) atoms. The zero-order valence-corrected chi connectivity index (χ0v) is 42.3. The number of methoxy groups -OCH3 is 1.